The molecule has 2 rings (SSSR count). The minimum atomic E-state index is -3.55. The highest BCUT2D eigenvalue weighted by molar-refractivity contribution is 7.88. The van der Waals surface area contributed by atoms with Crippen LogP contribution in [0.5, 0.6) is 0 Å². The van der Waals surface area contributed by atoms with Crippen LogP contribution in [0, 0.1) is 5.92 Å². The van der Waals surface area contributed by atoms with Gasteiger partial charge < -0.3 is 5.32 Å². The average molecular weight is 389 g/mol. The van der Waals surface area contributed by atoms with Crippen molar-refractivity contribution in [3.63, 3.8) is 0 Å². The van der Waals surface area contributed by atoms with Crippen molar-refractivity contribution in [2.24, 2.45) is 5.92 Å². The average Bonchev–Trinajstić information content (AvgIpc) is 2.62. The van der Waals surface area contributed by atoms with Crippen molar-refractivity contribution in [3.8, 4) is 0 Å². The Balaban J connectivity index is 2.35. The molecule has 0 saturated carbocycles. The number of hydrogen-bond acceptors (Lipinski definition) is 3. The summed E-state index contributed by atoms with van der Waals surface area (Å²) in [4.78, 5) is 13.2. The molecule has 0 aliphatic heterocycles. The fraction of sp³-hybridized carbons (Fsp3) is 0.381. The van der Waals surface area contributed by atoms with Crippen molar-refractivity contribution in [1.82, 2.24) is 9.62 Å². The second-order valence-electron chi connectivity index (χ2n) is 7.19. The Labute approximate surface area is 162 Å². The van der Waals surface area contributed by atoms with E-state index >= 15 is 0 Å². The molecular weight excluding hydrogens is 360 g/mol. The molecule has 0 fully saturated rings. The van der Waals surface area contributed by atoms with Crippen molar-refractivity contribution in [2.75, 3.05) is 13.3 Å². The van der Waals surface area contributed by atoms with Gasteiger partial charge in [0.2, 0.25) is 15.9 Å². The van der Waals surface area contributed by atoms with Crippen LogP contribution in [0.2, 0.25) is 0 Å². The number of nitrogens with zero attached hydrogens (tertiary/aromatic N) is 1. The fourth-order valence-corrected chi connectivity index (χ4v) is 3.64. The molecule has 1 N–H and O–H groups in total. The molecule has 2 aromatic carbocycles. The number of amides is 1. The molecule has 0 spiro atoms. The van der Waals surface area contributed by atoms with Gasteiger partial charge in [0.1, 0.15) is 6.04 Å². The molecule has 2 aromatic rings. The Hall–Kier alpha value is -2.18. The minimum absolute atomic E-state index is 0.183. The summed E-state index contributed by atoms with van der Waals surface area (Å²) in [5.74, 6) is 0.0435. The van der Waals surface area contributed by atoms with E-state index in [-0.39, 0.29) is 11.9 Å². The fourth-order valence-electron chi connectivity index (χ4n) is 3.04. The Bertz CT molecular complexity index is 836. The Kier molecular flexibility index (Phi) is 7.16. The number of nitrogens with one attached hydrogen (secondary N) is 1. The molecule has 27 heavy (non-hydrogen) atoms. The van der Waals surface area contributed by atoms with Crippen LogP contribution in [0.25, 0.3) is 0 Å². The lowest BCUT2D eigenvalue weighted by Gasteiger charge is -2.29. The van der Waals surface area contributed by atoms with Crippen molar-refractivity contribution in [2.45, 2.75) is 32.4 Å². The molecule has 2 atom stereocenters. The number of sulfonamides is 1. The van der Waals surface area contributed by atoms with Crippen LogP contribution in [0.3, 0.4) is 0 Å². The molecule has 0 bridgehead atoms. The van der Waals surface area contributed by atoms with Crippen LogP contribution in [-0.2, 0) is 14.8 Å². The summed E-state index contributed by atoms with van der Waals surface area (Å²) in [7, 11) is -2.11. The number of rotatable bonds is 8. The summed E-state index contributed by atoms with van der Waals surface area (Å²) in [6.45, 7) is 4.19. The van der Waals surface area contributed by atoms with Crippen LogP contribution in [0.15, 0.2) is 60.7 Å². The molecule has 6 heteroatoms. The van der Waals surface area contributed by atoms with E-state index in [0.717, 1.165) is 22.5 Å². The first-order chi connectivity index (χ1) is 12.7. The van der Waals surface area contributed by atoms with Crippen LogP contribution >= 0.6 is 0 Å². The zero-order chi connectivity index (χ0) is 20.0. The predicted octanol–water partition coefficient (Wildman–Crippen LogP) is 3.52. The molecule has 146 valence electrons. The maximum Gasteiger partial charge on any atom is 0.243 e. The minimum Gasteiger partial charge on any atom is -0.348 e. The van der Waals surface area contributed by atoms with E-state index in [1.807, 2.05) is 36.4 Å². The van der Waals surface area contributed by atoms with Gasteiger partial charge in [-0.05, 0) is 23.5 Å². The standard InChI is InChI=1S/C21H28N2O3S/c1-16(2)15-19(17-11-7-5-8-12-17)22-21(24)20(23(3)27(4,25)26)18-13-9-6-10-14-18/h5-14,16,19-20H,15H2,1-4H3,(H,22,24). The van der Waals surface area contributed by atoms with Gasteiger partial charge in [-0.1, -0.05) is 74.5 Å². The largest absolute Gasteiger partial charge is 0.348 e. The number of likely N-dealkylation sites (N-methyl/N-ethyl adjacent to an activating group) is 1. The highest BCUT2D eigenvalue weighted by atomic mass is 32.2. The molecule has 0 aliphatic carbocycles. The van der Waals surface area contributed by atoms with Gasteiger partial charge in [0, 0.05) is 7.05 Å². The second kappa shape index (κ2) is 9.15. The van der Waals surface area contributed by atoms with Gasteiger partial charge in [0.05, 0.1) is 12.3 Å². The maximum absolute atomic E-state index is 13.2. The first-order valence-corrected chi connectivity index (χ1v) is 10.9. The summed E-state index contributed by atoms with van der Waals surface area (Å²) < 4.78 is 25.4. The first-order valence-electron chi connectivity index (χ1n) is 9.03. The Morgan fingerprint density at radius 3 is 1.89 bits per heavy atom. The topological polar surface area (TPSA) is 66.5 Å². The maximum atomic E-state index is 13.2. The lowest BCUT2D eigenvalue weighted by Crippen LogP contribution is -2.42. The van der Waals surface area contributed by atoms with Gasteiger partial charge in [-0.25, -0.2) is 8.42 Å². The van der Waals surface area contributed by atoms with Crippen LogP contribution in [0.4, 0.5) is 0 Å². The van der Waals surface area contributed by atoms with E-state index in [4.69, 9.17) is 0 Å². The zero-order valence-electron chi connectivity index (χ0n) is 16.3. The molecule has 0 radical (unpaired) electrons. The van der Waals surface area contributed by atoms with Crippen molar-refractivity contribution in [3.05, 3.63) is 71.8 Å². The molecule has 0 saturated heterocycles. The predicted molar refractivity (Wildman–Crippen MR) is 109 cm³/mol. The van der Waals surface area contributed by atoms with Gasteiger partial charge in [-0.3, -0.25) is 4.79 Å². The van der Waals surface area contributed by atoms with Gasteiger partial charge in [0.15, 0.2) is 0 Å². The van der Waals surface area contributed by atoms with Crippen LogP contribution in [-0.4, -0.2) is 31.9 Å². The monoisotopic (exact) mass is 388 g/mol. The normalized spacial score (nSPS) is 14.1. The molecule has 2 unspecified atom stereocenters. The molecule has 0 heterocycles. The van der Waals surface area contributed by atoms with Gasteiger partial charge in [-0.2, -0.15) is 4.31 Å². The molecule has 0 aliphatic rings. The lowest BCUT2D eigenvalue weighted by atomic mass is 9.96. The smallest absolute Gasteiger partial charge is 0.243 e. The third-order valence-corrected chi connectivity index (χ3v) is 5.73. The van der Waals surface area contributed by atoms with Crippen LogP contribution in [0.1, 0.15) is 43.5 Å². The van der Waals surface area contributed by atoms with Gasteiger partial charge in [0.25, 0.3) is 0 Å². The highest BCUT2D eigenvalue weighted by Gasteiger charge is 2.32. The summed E-state index contributed by atoms with van der Waals surface area (Å²) in [6.07, 6.45) is 1.87. The number of hydrogen-bond donors (Lipinski definition) is 1. The van der Waals surface area contributed by atoms with Gasteiger partial charge in [-0.15, -0.1) is 0 Å². The van der Waals surface area contributed by atoms with Crippen molar-refractivity contribution in [1.29, 1.82) is 0 Å². The number of carbonyl (C=O) groups is 1. The van der Waals surface area contributed by atoms with E-state index in [9.17, 15) is 13.2 Å². The summed E-state index contributed by atoms with van der Waals surface area (Å²) in [6, 6.07) is 17.6. The third-order valence-electron chi connectivity index (χ3n) is 4.48. The van der Waals surface area contributed by atoms with E-state index < -0.39 is 16.1 Å². The molecule has 1 amide bonds. The van der Waals surface area contributed by atoms with E-state index in [2.05, 4.69) is 19.2 Å². The summed E-state index contributed by atoms with van der Waals surface area (Å²) >= 11 is 0. The molecule has 5 nitrogen and oxygen atoms in total. The van der Waals surface area contributed by atoms with E-state index in [0.29, 0.717) is 11.5 Å². The van der Waals surface area contributed by atoms with Crippen LogP contribution < -0.4 is 5.32 Å². The Morgan fingerprint density at radius 2 is 1.44 bits per heavy atom. The molecular formula is C21H28N2O3S. The van der Waals surface area contributed by atoms with Gasteiger partial charge >= 0.3 is 0 Å². The quantitative estimate of drug-likeness (QED) is 0.752. The van der Waals surface area contributed by atoms with E-state index in [1.165, 1.54) is 7.05 Å². The zero-order valence-corrected chi connectivity index (χ0v) is 17.1. The third kappa shape index (κ3) is 5.91. The highest BCUT2D eigenvalue weighted by Crippen LogP contribution is 2.26. The lowest BCUT2D eigenvalue weighted by molar-refractivity contribution is -0.125. The second-order valence-corrected chi connectivity index (χ2v) is 9.24. The van der Waals surface area contributed by atoms with Crippen molar-refractivity contribution < 1.29 is 13.2 Å². The molecule has 0 aromatic heterocycles. The SMILES string of the molecule is CC(C)CC(NC(=O)C(c1ccccc1)N(C)S(C)(=O)=O)c1ccccc1. The number of carbonyl (C=O) groups excluding carboxylic acids is 1. The Morgan fingerprint density at radius 1 is 0.963 bits per heavy atom. The van der Waals surface area contributed by atoms with E-state index in [1.54, 1.807) is 24.3 Å². The first kappa shape index (κ1) is 21.1. The summed E-state index contributed by atoms with van der Waals surface area (Å²) in [5.41, 5.74) is 1.65. The summed E-state index contributed by atoms with van der Waals surface area (Å²) in [5, 5.41) is 3.07. The number of benzene rings is 2. The van der Waals surface area contributed by atoms with Crippen molar-refractivity contribution >= 4 is 15.9 Å².